The number of aliphatic hydroxyl groups excluding tert-OH is 1. The van der Waals surface area contributed by atoms with Crippen LogP contribution in [0.2, 0.25) is 0 Å². The first kappa shape index (κ1) is 12.0. The Hall–Kier alpha value is -0.120. The van der Waals surface area contributed by atoms with Gasteiger partial charge in [0.15, 0.2) is 0 Å². The highest BCUT2D eigenvalue weighted by Crippen LogP contribution is 2.20. The van der Waals surface area contributed by atoms with Crippen molar-refractivity contribution >= 4 is 0 Å². The molecule has 3 nitrogen and oxygen atoms in total. The first-order chi connectivity index (χ1) is 6.69. The van der Waals surface area contributed by atoms with E-state index in [1.807, 2.05) is 0 Å². The predicted molar refractivity (Wildman–Crippen MR) is 59.1 cm³/mol. The number of rotatable bonds is 5. The van der Waals surface area contributed by atoms with Gasteiger partial charge in [-0.1, -0.05) is 13.8 Å². The lowest BCUT2D eigenvalue weighted by molar-refractivity contribution is 0.132. The highest BCUT2D eigenvalue weighted by Gasteiger charge is 2.26. The summed E-state index contributed by atoms with van der Waals surface area (Å²) in [5.41, 5.74) is 5.75. The summed E-state index contributed by atoms with van der Waals surface area (Å²) in [6.07, 6.45) is 2.37. The van der Waals surface area contributed by atoms with Crippen molar-refractivity contribution in [3.63, 3.8) is 0 Å². The minimum atomic E-state index is 0.301. The molecule has 0 aromatic heterocycles. The lowest BCUT2D eigenvalue weighted by Crippen LogP contribution is -2.39. The van der Waals surface area contributed by atoms with Gasteiger partial charge in [0.25, 0.3) is 0 Å². The zero-order chi connectivity index (χ0) is 10.6. The molecule has 3 N–H and O–H groups in total. The summed E-state index contributed by atoms with van der Waals surface area (Å²) in [6, 6.07) is 0.391. The molecule has 1 rings (SSSR count). The average molecular weight is 200 g/mol. The van der Waals surface area contributed by atoms with Crippen molar-refractivity contribution in [2.75, 3.05) is 26.2 Å². The van der Waals surface area contributed by atoms with Gasteiger partial charge in [0, 0.05) is 12.6 Å². The van der Waals surface area contributed by atoms with Gasteiger partial charge in [0.05, 0.1) is 6.61 Å². The van der Waals surface area contributed by atoms with Crippen molar-refractivity contribution in [3.8, 4) is 0 Å². The fourth-order valence-electron chi connectivity index (χ4n) is 2.20. The van der Waals surface area contributed by atoms with Crippen LogP contribution < -0.4 is 5.73 Å². The van der Waals surface area contributed by atoms with Crippen LogP contribution >= 0.6 is 0 Å². The van der Waals surface area contributed by atoms with Crippen LogP contribution in [-0.2, 0) is 0 Å². The molecule has 0 spiro atoms. The minimum absolute atomic E-state index is 0.301. The van der Waals surface area contributed by atoms with Gasteiger partial charge in [-0.25, -0.2) is 0 Å². The third kappa shape index (κ3) is 2.94. The second kappa shape index (κ2) is 5.69. The van der Waals surface area contributed by atoms with Gasteiger partial charge in [-0.2, -0.15) is 0 Å². The number of aliphatic hydroxyl groups is 1. The Balaban J connectivity index is 2.41. The largest absolute Gasteiger partial charge is 0.395 e. The molecule has 0 amide bonds. The SMILES string of the molecule is CC(C)C(CN)CN1CCCC1CO. The molecule has 14 heavy (non-hydrogen) atoms. The van der Waals surface area contributed by atoms with Gasteiger partial charge in [-0.15, -0.1) is 0 Å². The molecule has 0 bridgehead atoms. The van der Waals surface area contributed by atoms with E-state index in [4.69, 9.17) is 5.73 Å². The standard InChI is InChI=1S/C11H24N2O/c1-9(2)10(6-12)7-13-5-3-4-11(13)8-14/h9-11,14H,3-8,12H2,1-2H3. The molecule has 0 saturated carbocycles. The Morgan fingerprint density at radius 3 is 2.71 bits per heavy atom. The van der Waals surface area contributed by atoms with Crippen molar-refractivity contribution in [1.82, 2.24) is 4.90 Å². The lowest BCUT2D eigenvalue weighted by atomic mass is 9.95. The minimum Gasteiger partial charge on any atom is -0.395 e. The summed E-state index contributed by atoms with van der Waals surface area (Å²) in [4.78, 5) is 2.40. The van der Waals surface area contributed by atoms with Gasteiger partial charge in [0.2, 0.25) is 0 Å². The van der Waals surface area contributed by atoms with E-state index in [1.165, 1.54) is 6.42 Å². The molecule has 1 heterocycles. The van der Waals surface area contributed by atoms with E-state index in [0.717, 1.165) is 26.1 Å². The van der Waals surface area contributed by atoms with Gasteiger partial charge in [-0.05, 0) is 37.8 Å². The molecule has 84 valence electrons. The highest BCUT2D eigenvalue weighted by atomic mass is 16.3. The van der Waals surface area contributed by atoms with Crippen LogP contribution in [0.25, 0.3) is 0 Å². The number of hydrogen-bond donors (Lipinski definition) is 2. The maximum Gasteiger partial charge on any atom is 0.0586 e. The average Bonchev–Trinajstić information content (AvgIpc) is 2.60. The molecule has 2 unspecified atom stereocenters. The molecule has 1 fully saturated rings. The third-order valence-corrected chi connectivity index (χ3v) is 3.42. The Labute approximate surface area is 87.3 Å². The molecule has 0 aliphatic carbocycles. The van der Waals surface area contributed by atoms with Crippen LogP contribution in [0.4, 0.5) is 0 Å². The summed E-state index contributed by atoms with van der Waals surface area (Å²) in [5.74, 6) is 1.21. The topological polar surface area (TPSA) is 49.5 Å². The molecule has 1 aliphatic heterocycles. The van der Waals surface area contributed by atoms with Crippen molar-refractivity contribution in [3.05, 3.63) is 0 Å². The van der Waals surface area contributed by atoms with Crippen LogP contribution in [-0.4, -0.2) is 42.3 Å². The molecular formula is C11H24N2O. The van der Waals surface area contributed by atoms with Crippen LogP contribution in [0.15, 0.2) is 0 Å². The summed E-state index contributed by atoms with van der Waals surface area (Å²) in [5, 5.41) is 9.19. The van der Waals surface area contributed by atoms with Crippen LogP contribution in [0.1, 0.15) is 26.7 Å². The van der Waals surface area contributed by atoms with Crippen molar-refractivity contribution in [1.29, 1.82) is 0 Å². The van der Waals surface area contributed by atoms with Crippen molar-refractivity contribution < 1.29 is 5.11 Å². The molecule has 2 atom stereocenters. The third-order valence-electron chi connectivity index (χ3n) is 3.42. The number of likely N-dealkylation sites (tertiary alicyclic amines) is 1. The normalized spacial score (nSPS) is 25.9. The Morgan fingerprint density at radius 1 is 1.50 bits per heavy atom. The monoisotopic (exact) mass is 200 g/mol. The fourth-order valence-corrected chi connectivity index (χ4v) is 2.20. The zero-order valence-corrected chi connectivity index (χ0v) is 9.45. The highest BCUT2D eigenvalue weighted by molar-refractivity contribution is 4.81. The molecule has 1 saturated heterocycles. The summed E-state index contributed by atoms with van der Waals surface area (Å²) >= 11 is 0. The maximum atomic E-state index is 9.19. The second-order valence-corrected chi connectivity index (χ2v) is 4.71. The lowest BCUT2D eigenvalue weighted by Gasteiger charge is -2.29. The molecule has 0 aromatic carbocycles. The number of nitrogens with zero attached hydrogens (tertiary/aromatic N) is 1. The van der Waals surface area contributed by atoms with Gasteiger partial charge >= 0.3 is 0 Å². The summed E-state index contributed by atoms with van der Waals surface area (Å²) < 4.78 is 0. The van der Waals surface area contributed by atoms with E-state index in [1.54, 1.807) is 0 Å². The fraction of sp³-hybridized carbons (Fsp3) is 1.00. The van der Waals surface area contributed by atoms with Gasteiger partial charge in [-0.3, -0.25) is 4.90 Å². The summed E-state index contributed by atoms with van der Waals surface area (Å²) in [7, 11) is 0. The number of hydrogen-bond acceptors (Lipinski definition) is 3. The van der Waals surface area contributed by atoms with E-state index in [2.05, 4.69) is 18.7 Å². The summed E-state index contributed by atoms with van der Waals surface area (Å²) in [6.45, 7) is 7.69. The maximum absolute atomic E-state index is 9.19. The Kier molecular flexibility index (Phi) is 4.85. The number of nitrogens with two attached hydrogens (primary N) is 1. The van der Waals surface area contributed by atoms with Crippen molar-refractivity contribution in [2.45, 2.75) is 32.7 Å². The zero-order valence-electron chi connectivity index (χ0n) is 9.45. The Bertz CT molecular complexity index is 161. The van der Waals surface area contributed by atoms with E-state index in [9.17, 15) is 5.11 Å². The van der Waals surface area contributed by atoms with E-state index < -0.39 is 0 Å². The predicted octanol–water partition coefficient (Wildman–Crippen LogP) is 0.674. The second-order valence-electron chi connectivity index (χ2n) is 4.71. The van der Waals surface area contributed by atoms with E-state index in [0.29, 0.717) is 24.5 Å². The van der Waals surface area contributed by atoms with Crippen LogP contribution in [0, 0.1) is 11.8 Å². The van der Waals surface area contributed by atoms with Crippen LogP contribution in [0.5, 0.6) is 0 Å². The molecule has 0 aromatic rings. The molecule has 0 radical (unpaired) electrons. The van der Waals surface area contributed by atoms with E-state index >= 15 is 0 Å². The Morgan fingerprint density at radius 2 is 2.21 bits per heavy atom. The van der Waals surface area contributed by atoms with Crippen LogP contribution in [0.3, 0.4) is 0 Å². The quantitative estimate of drug-likeness (QED) is 0.686. The first-order valence-corrected chi connectivity index (χ1v) is 5.74. The van der Waals surface area contributed by atoms with Gasteiger partial charge < -0.3 is 10.8 Å². The molecule has 3 heteroatoms. The molecule has 1 aliphatic rings. The van der Waals surface area contributed by atoms with Crippen molar-refractivity contribution in [2.24, 2.45) is 17.6 Å². The smallest absolute Gasteiger partial charge is 0.0586 e. The van der Waals surface area contributed by atoms with Gasteiger partial charge in [0.1, 0.15) is 0 Å². The first-order valence-electron chi connectivity index (χ1n) is 5.74. The molecular weight excluding hydrogens is 176 g/mol. The van der Waals surface area contributed by atoms with E-state index in [-0.39, 0.29) is 0 Å².